The van der Waals surface area contributed by atoms with Crippen molar-refractivity contribution in [3.63, 3.8) is 0 Å². The van der Waals surface area contributed by atoms with Gasteiger partial charge in [0.15, 0.2) is 11.2 Å². The van der Waals surface area contributed by atoms with Crippen molar-refractivity contribution in [3.8, 4) is 22.3 Å². The average molecular weight is 833 g/mol. The van der Waals surface area contributed by atoms with E-state index in [0.717, 1.165) is 78.0 Å². The van der Waals surface area contributed by atoms with Gasteiger partial charge in [0.05, 0.1) is 11.4 Å². The van der Waals surface area contributed by atoms with Crippen LogP contribution in [0.4, 0.5) is 34.1 Å². The van der Waals surface area contributed by atoms with Crippen LogP contribution in [0.15, 0.2) is 185 Å². The van der Waals surface area contributed by atoms with Gasteiger partial charge in [-0.1, -0.05) is 155 Å². The van der Waals surface area contributed by atoms with Gasteiger partial charge in [-0.2, -0.15) is 0 Å². The first-order valence-corrected chi connectivity index (χ1v) is 22.9. The average Bonchev–Trinajstić information content (AvgIpc) is 4.04. The molecule has 0 bridgehead atoms. The van der Waals surface area contributed by atoms with Gasteiger partial charge in [-0.15, -0.1) is 0 Å². The molecule has 0 N–H and O–H groups in total. The van der Waals surface area contributed by atoms with Crippen LogP contribution in [0, 0.1) is 0 Å². The predicted molar refractivity (Wildman–Crippen MR) is 270 cm³/mol. The maximum atomic E-state index is 7.30. The lowest BCUT2D eigenvalue weighted by Crippen LogP contribution is -2.61. The second-order valence-electron chi connectivity index (χ2n) is 19.5. The van der Waals surface area contributed by atoms with Crippen LogP contribution in [-0.4, -0.2) is 6.71 Å². The molecule has 0 spiro atoms. The van der Waals surface area contributed by atoms with Crippen molar-refractivity contribution in [2.24, 2.45) is 0 Å². The van der Waals surface area contributed by atoms with Gasteiger partial charge in [0.1, 0.15) is 11.2 Å². The van der Waals surface area contributed by atoms with E-state index in [1.54, 1.807) is 0 Å². The lowest BCUT2D eigenvalue weighted by Gasteiger charge is -2.43. The Labute approximate surface area is 377 Å². The Kier molecular flexibility index (Phi) is 6.63. The van der Waals surface area contributed by atoms with Crippen LogP contribution in [-0.2, 0) is 10.8 Å². The summed E-state index contributed by atoms with van der Waals surface area (Å²) >= 11 is 0. The third-order valence-corrected chi connectivity index (χ3v) is 15.6. The summed E-state index contributed by atoms with van der Waals surface area (Å²) in [5.41, 5.74) is 24.1. The molecule has 0 atom stereocenters. The molecule has 4 aliphatic rings. The summed E-state index contributed by atoms with van der Waals surface area (Å²) in [6.07, 6.45) is 0. The van der Waals surface area contributed by atoms with Crippen molar-refractivity contribution >= 4 is 101 Å². The van der Waals surface area contributed by atoms with Crippen LogP contribution in [0.2, 0.25) is 0 Å². The molecule has 0 radical (unpaired) electrons. The largest absolute Gasteiger partial charge is 0.453 e. The number of furan rings is 2. The van der Waals surface area contributed by atoms with Gasteiger partial charge in [0.25, 0.3) is 6.71 Å². The number of nitrogens with zero attached hydrogens (tertiary/aromatic N) is 2. The maximum absolute atomic E-state index is 7.30. The van der Waals surface area contributed by atoms with Crippen molar-refractivity contribution in [2.75, 3.05) is 9.80 Å². The first-order chi connectivity index (χ1) is 31.8. The lowest BCUT2D eigenvalue weighted by molar-refractivity contribution is 0.619. The van der Waals surface area contributed by atoms with E-state index in [2.05, 4.69) is 213 Å². The van der Waals surface area contributed by atoms with E-state index in [0.29, 0.717) is 0 Å². The molecule has 0 saturated heterocycles. The van der Waals surface area contributed by atoms with Gasteiger partial charge < -0.3 is 18.6 Å². The van der Waals surface area contributed by atoms with E-state index in [1.807, 2.05) is 0 Å². The van der Waals surface area contributed by atoms with E-state index in [9.17, 15) is 0 Å². The van der Waals surface area contributed by atoms with Gasteiger partial charge in [-0.3, -0.25) is 0 Å². The van der Waals surface area contributed by atoms with E-state index in [-0.39, 0.29) is 17.5 Å². The molecular formula is C60H41BN2O2. The first-order valence-electron chi connectivity index (χ1n) is 22.9. The van der Waals surface area contributed by atoms with E-state index >= 15 is 0 Å². The van der Waals surface area contributed by atoms with E-state index in [4.69, 9.17) is 8.83 Å². The molecule has 65 heavy (non-hydrogen) atoms. The number of hydrogen-bond acceptors (Lipinski definition) is 4. The Morgan fingerprint density at radius 1 is 0.338 bits per heavy atom. The molecule has 4 heterocycles. The quantitative estimate of drug-likeness (QED) is 0.162. The van der Waals surface area contributed by atoms with Crippen molar-refractivity contribution in [2.45, 2.75) is 38.5 Å². The number of anilines is 6. The highest BCUT2D eigenvalue weighted by Gasteiger charge is 2.45. The molecule has 4 nitrogen and oxygen atoms in total. The molecular weight excluding hydrogens is 791 g/mol. The highest BCUT2D eigenvalue weighted by molar-refractivity contribution is 7.00. The van der Waals surface area contributed by atoms with Gasteiger partial charge in [-0.05, 0) is 98.3 Å². The number of fused-ring (bicyclic) bond motifs is 18. The Balaban J connectivity index is 0.971. The Morgan fingerprint density at radius 3 is 1.22 bits per heavy atom. The number of rotatable bonds is 2. The fourth-order valence-electron chi connectivity index (χ4n) is 12.9. The van der Waals surface area contributed by atoms with Crippen molar-refractivity contribution < 1.29 is 8.83 Å². The third kappa shape index (κ3) is 4.30. The molecule has 2 aliphatic heterocycles. The zero-order valence-electron chi connectivity index (χ0n) is 36.5. The highest BCUT2D eigenvalue weighted by atomic mass is 16.3. The van der Waals surface area contributed by atoms with Crippen LogP contribution in [0.5, 0.6) is 0 Å². The summed E-state index contributed by atoms with van der Waals surface area (Å²) in [6, 6.07) is 64.9. The van der Waals surface area contributed by atoms with Crippen molar-refractivity contribution in [1.82, 2.24) is 0 Å². The second-order valence-corrected chi connectivity index (χ2v) is 19.5. The number of hydrogen-bond donors (Lipinski definition) is 0. The van der Waals surface area contributed by atoms with E-state index in [1.165, 1.54) is 60.9 Å². The highest BCUT2D eigenvalue weighted by Crippen LogP contribution is 2.56. The van der Waals surface area contributed by atoms with E-state index < -0.39 is 0 Å². The minimum absolute atomic E-state index is 0.0102. The van der Waals surface area contributed by atoms with Crippen LogP contribution in [0.1, 0.15) is 49.9 Å². The molecule has 5 heteroatoms. The lowest BCUT2D eigenvalue weighted by atomic mass is 9.33. The zero-order chi connectivity index (χ0) is 43.1. The van der Waals surface area contributed by atoms with Crippen LogP contribution in [0.3, 0.4) is 0 Å². The van der Waals surface area contributed by atoms with Crippen molar-refractivity contribution in [3.05, 3.63) is 198 Å². The molecule has 9 aromatic carbocycles. The maximum Gasteiger partial charge on any atom is 0.252 e. The molecule has 0 fully saturated rings. The molecule has 15 rings (SSSR count). The SMILES string of the molecule is CC1(C)c2ccccc2-c2ccc3c(oc4c(N5c6ccccc6B6c7ccccc7N(c7cccc8c7oc7c9c(ccc78)-c7ccccc7C9(C)C)c7cccc5c76)cccc43)c21. The fourth-order valence-corrected chi connectivity index (χ4v) is 12.9. The topological polar surface area (TPSA) is 32.8 Å². The summed E-state index contributed by atoms with van der Waals surface area (Å²) < 4.78 is 14.6. The number of benzene rings is 9. The van der Waals surface area contributed by atoms with Gasteiger partial charge in [-0.25, -0.2) is 0 Å². The molecule has 2 aromatic heterocycles. The first kappa shape index (κ1) is 35.7. The monoisotopic (exact) mass is 832 g/mol. The predicted octanol–water partition coefficient (Wildman–Crippen LogP) is 14.2. The summed E-state index contributed by atoms with van der Waals surface area (Å²) in [7, 11) is 0. The van der Waals surface area contributed by atoms with Gasteiger partial charge in [0, 0.05) is 66.3 Å². The van der Waals surface area contributed by atoms with Crippen LogP contribution in [0.25, 0.3) is 66.1 Å². The van der Waals surface area contributed by atoms with Crippen LogP contribution >= 0.6 is 0 Å². The van der Waals surface area contributed by atoms with Crippen LogP contribution < -0.4 is 26.2 Å². The normalized spacial score (nSPS) is 15.5. The summed E-state index contributed by atoms with van der Waals surface area (Å²) in [5, 5.41) is 4.55. The standard InChI is InChI=1S/C60H41BN2O2/c1-59(2)42-20-7-5-16-34(42)36-30-32-40-38-18-13-28-50(55(38)64-57(40)52(36)59)62-46-24-11-9-22-44(46)61-45-23-10-12-25-47(45)63(49-27-15-26-48(62)54(49)61)51-29-14-19-39-41-33-31-37-35-17-6-8-21-43(35)60(3,4)53(37)58(41)65-56(39)51/h5-33H,1-4H3. The second kappa shape index (κ2) is 12.1. The molecule has 11 aromatic rings. The Hall–Kier alpha value is -7.76. The summed E-state index contributed by atoms with van der Waals surface area (Å²) in [5.74, 6) is 0. The smallest absolute Gasteiger partial charge is 0.252 e. The van der Waals surface area contributed by atoms with Gasteiger partial charge >= 0.3 is 0 Å². The molecule has 2 aliphatic carbocycles. The molecule has 0 amide bonds. The Bertz CT molecular complexity index is 3690. The Morgan fingerprint density at radius 2 is 0.723 bits per heavy atom. The minimum Gasteiger partial charge on any atom is -0.453 e. The summed E-state index contributed by atoms with van der Waals surface area (Å²) in [4.78, 5) is 4.93. The molecule has 306 valence electrons. The molecule has 0 saturated carbocycles. The third-order valence-electron chi connectivity index (χ3n) is 15.6. The van der Waals surface area contributed by atoms with Crippen molar-refractivity contribution in [1.29, 1.82) is 0 Å². The molecule has 0 unspecified atom stereocenters. The van der Waals surface area contributed by atoms with Gasteiger partial charge in [0.2, 0.25) is 0 Å². The minimum atomic E-state index is -0.205. The number of para-hydroxylation sites is 4. The fraction of sp³-hybridized carbons (Fsp3) is 0.100. The summed E-state index contributed by atoms with van der Waals surface area (Å²) in [6.45, 7) is 9.36. The zero-order valence-corrected chi connectivity index (χ0v) is 36.5.